The number of benzene rings is 2. The number of anilines is 1. The van der Waals surface area contributed by atoms with Crippen LogP contribution in [0.15, 0.2) is 48.5 Å². The fourth-order valence-corrected chi connectivity index (χ4v) is 5.40. The van der Waals surface area contributed by atoms with Crippen molar-refractivity contribution in [2.45, 2.75) is 71.5 Å². The summed E-state index contributed by atoms with van der Waals surface area (Å²) >= 11 is 0. The third-order valence-electron chi connectivity index (χ3n) is 6.52. The van der Waals surface area contributed by atoms with Gasteiger partial charge in [0.2, 0.25) is 21.8 Å². The van der Waals surface area contributed by atoms with Crippen LogP contribution >= 0.6 is 0 Å². The average molecular weight is 500 g/mol. The van der Waals surface area contributed by atoms with E-state index < -0.39 is 22.0 Å². The Kier molecular flexibility index (Phi) is 8.94. The van der Waals surface area contributed by atoms with Crippen molar-refractivity contribution in [2.24, 2.45) is 0 Å². The molecule has 7 nitrogen and oxygen atoms in total. The molecular weight excluding hydrogens is 462 g/mol. The number of rotatable bonds is 9. The van der Waals surface area contributed by atoms with E-state index in [2.05, 4.69) is 5.32 Å². The van der Waals surface area contributed by atoms with Gasteiger partial charge < -0.3 is 10.2 Å². The zero-order valence-corrected chi connectivity index (χ0v) is 22.0. The van der Waals surface area contributed by atoms with Crippen molar-refractivity contribution in [2.75, 3.05) is 17.1 Å². The summed E-state index contributed by atoms with van der Waals surface area (Å²) in [7, 11) is -3.73. The second kappa shape index (κ2) is 11.7. The van der Waals surface area contributed by atoms with Gasteiger partial charge in [-0.1, -0.05) is 61.2 Å². The highest BCUT2D eigenvalue weighted by atomic mass is 32.2. The molecule has 1 saturated carbocycles. The zero-order chi connectivity index (χ0) is 25.6. The van der Waals surface area contributed by atoms with Gasteiger partial charge in [-0.3, -0.25) is 13.9 Å². The van der Waals surface area contributed by atoms with Crippen molar-refractivity contribution in [3.63, 3.8) is 0 Å². The lowest BCUT2D eigenvalue weighted by Gasteiger charge is -2.33. The maximum atomic E-state index is 13.6. The van der Waals surface area contributed by atoms with Crippen LogP contribution in [0.1, 0.15) is 55.7 Å². The standard InChI is InChI=1S/C27H37N3O4S/c1-20-10-8-12-23(16-20)18-29(22(3)27(32)28-24-13-6-5-7-14-24)26(31)19-30(35(4,33)34)25-15-9-11-21(2)17-25/h8-12,15-17,22,24H,5-7,13-14,18-19H2,1-4H3,(H,28,32). The predicted octanol–water partition coefficient (Wildman–Crippen LogP) is 3.94. The van der Waals surface area contributed by atoms with E-state index in [1.54, 1.807) is 25.1 Å². The molecule has 0 heterocycles. The van der Waals surface area contributed by atoms with E-state index in [0.29, 0.717) is 5.69 Å². The smallest absolute Gasteiger partial charge is 0.244 e. The first-order chi connectivity index (χ1) is 16.5. The van der Waals surface area contributed by atoms with E-state index in [4.69, 9.17) is 0 Å². The van der Waals surface area contributed by atoms with Gasteiger partial charge in [-0.15, -0.1) is 0 Å². The quantitative estimate of drug-likeness (QED) is 0.566. The van der Waals surface area contributed by atoms with Crippen molar-refractivity contribution in [1.82, 2.24) is 10.2 Å². The lowest BCUT2D eigenvalue weighted by molar-refractivity contribution is -0.139. The Balaban J connectivity index is 1.87. The van der Waals surface area contributed by atoms with Gasteiger partial charge in [0.25, 0.3) is 0 Å². The van der Waals surface area contributed by atoms with E-state index in [-0.39, 0.29) is 25.0 Å². The van der Waals surface area contributed by atoms with Crippen LogP contribution in [-0.2, 0) is 26.2 Å². The number of hydrogen-bond acceptors (Lipinski definition) is 4. The monoisotopic (exact) mass is 499 g/mol. The van der Waals surface area contributed by atoms with E-state index in [1.807, 2.05) is 44.2 Å². The van der Waals surface area contributed by atoms with Crippen LogP contribution in [-0.4, -0.2) is 50.0 Å². The van der Waals surface area contributed by atoms with Crippen molar-refractivity contribution in [3.05, 3.63) is 65.2 Å². The van der Waals surface area contributed by atoms with Crippen molar-refractivity contribution in [1.29, 1.82) is 0 Å². The van der Waals surface area contributed by atoms with Gasteiger partial charge in [0.1, 0.15) is 12.6 Å². The summed E-state index contributed by atoms with van der Waals surface area (Å²) < 4.78 is 26.4. The third kappa shape index (κ3) is 7.56. The zero-order valence-electron chi connectivity index (χ0n) is 21.2. The van der Waals surface area contributed by atoms with E-state index in [9.17, 15) is 18.0 Å². The molecule has 1 aliphatic rings. The van der Waals surface area contributed by atoms with Gasteiger partial charge in [-0.25, -0.2) is 8.42 Å². The summed E-state index contributed by atoms with van der Waals surface area (Å²) in [6, 6.07) is 14.2. The van der Waals surface area contributed by atoms with Crippen molar-refractivity contribution >= 4 is 27.5 Å². The topological polar surface area (TPSA) is 86.8 Å². The predicted molar refractivity (Wildman–Crippen MR) is 140 cm³/mol. The maximum absolute atomic E-state index is 13.6. The lowest BCUT2D eigenvalue weighted by atomic mass is 9.95. The summed E-state index contributed by atoms with van der Waals surface area (Å²) in [4.78, 5) is 28.3. The Labute approximate surface area is 209 Å². The normalized spacial score (nSPS) is 15.3. The molecule has 2 aromatic rings. The second-order valence-electron chi connectivity index (χ2n) is 9.64. The second-order valence-corrected chi connectivity index (χ2v) is 11.5. The molecule has 0 saturated heterocycles. The molecule has 0 spiro atoms. The molecule has 3 rings (SSSR count). The number of nitrogens with zero attached hydrogens (tertiary/aromatic N) is 2. The third-order valence-corrected chi connectivity index (χ3v) is 7.66. The maximum Gasteiger partial charge on any atom is 0.244 e. The Hall–Kier alpha value is -2.87. The first-order valence-corrected chi connectivity index (χ1v) is 14.1. The highest BCUT2D eigenvalue weighted by Gasteiger charge is 2.31. The number of aryl methyl sites for hydroxylation is 2. The van der Waals surface area contributed by atoms with Crippen molar-refractivity contribution in [3.8, 4) is 0 Å². The first kappa shape index (κ1) is 26.7. The van der Waals surface area contributed by atoms with Gasteiger partial charge in [-0.2, -0.15) is 0 Å². The number of sulfonamides is 1. The molecule has 190 valence electrons. The summed E-state index contributed by atoms with van der Waals surface area (Å²) in [5, 5.41) is 3.11. The number of carbonyl (C=O) groups excluding carboxylic acids is 2. The van der Waals surface area contributed by atoms with Gasteiger partial charge in [0, 0.05) is 12.6 Å². The minimum atomic E-state index is -3.73. The summed E-state index contributed by atoms with van der Waals surface area (Å²) in [6.45, 7) is 5.38. The largest absolute Gasteiger partial charge is 0.352 e. The molecule has 2 amide bonds. The Bertz CT molecular complexity index is 1140. The molecule has 1 fully saturated rings. The van der Waals surface area contributed by atoms with Gasteiger partial charge in [0.05, 0.1) is 11.9 Å². The number of nitrogens with one attached hydrogen (secondary N) is 1. The van der Waals surface area contributed by atoms with Crippen LogP contribution in [0, 0.1) is 13.8 Å². The molecule has 0 radical (unpaired) electrons. The molecule has 0 aromatic heterocycles. The van der Waals surface area contributed by atoms with E-state index in [1.165, 1.54) is 11.3 Å². The van der Waals surface area contributed by atoms with Crippen LogP contribution in [0.4, 0.5) is 5.69 Å². The minimum Gasteiger partial charge on any atom is -0.352 e. The number of carbonyl (C=O) groups is 2. The van der Waals surface area contributed by atoms with Crippen LogP contribution < -0.4 is 9.62 Å². The Morgan fingerprint density at radius 3 is 2.23 bits per heavy atom. The van der Waals surface area contributed by atoms with Gasteiger partial charge in [-0.05, 0) is 56.9 Å². The van der Waals surface area contributed by atoms with E-state index in [0.717, 1.165) is 52.9 Å². The Morgan fingerprint density at radius 2 is 1.63 bits per heavy atom. The van der Waals surface area contributed by atoms with Crippen LogP contribution in [0.2, 0.25) is 0 Å². The highest BCUT2D eigenvalue weighted by molar-refractivity contribution is 7.92. The van der Waals surface area contributed by atoms with Crippen LogP contribution in [0.5, 0.6) is 0 Å². The number of hydrogen-bond donors (Lipinski definition) is 1. The molecule has 1 aliphatic carbocycles. The summed E-state index contributed by atoms with van der Waals surface area (Å²) in [5.41, 5.74) is 3.25. The molecule has 35 heavy (non-hydrogen) atoms. The van der Waals surface area contributed by atoms with Gasteiger partial charge in [0.15, 0.2) is 0 Å². The molecular formula is C27H37N3O4S. The van der Waals surface area contributed by atoms with Crippen LogP contribution in [0.25, 0.3) is 0 Å². The SMILES string of the molecule is Cc1cccc(CN(C(=O)CN(c2cccc(C)c2)S(C)(=O)=O)C(C)C(=O)NC2CCCCC2)c1. The Morgan fingerprint density at radius 1 is 1.00 bits per heavy atom. The molecule has 1 N–H and O–H groups in total. The lowest BCUT2D eigenvalue weighted by Crippen LogP contribution is -2.53. The average Bonchev–Trinajstić information content (AvgIpc) is 2.80. The fourth-order valence-electron chi connectivity index (χ4n) is 4.56. The first-order valence-electron chi connectivity index (χ1n) is 12.2. The molecule has 8 heteroatoms. The minimum absolute atomic E-state index is 0.120. The molecule has 0 aliphatic heterocycles. The molecule has 1 unspecified atom stereocenters. The molecule has 2 aromatic carbocycles. The van der Waals surface area contributed by atoms with Gasteiger partial charge >= 0.3 is 0 Å². The van der Waals surface area contributed by atoms with E-state index >= 15 is 0 Å². The van der Waals surface area contributed by atoms with Crippen LogP contribution in [0.3, 0.4) is 0 Å². The fraction of sp³-hybridized carbons (Fsp3) is 0.481. The van der Waals surface area contributed by atoms with Crippen molar-refractivity contribution < 1.29 is 18.0 Å². The summed E-state index contributed by atoms with van der Waals surface area (Å²) in [5.74, 6) is -0.635. The molecule has 0 bridgehead atoms. The summed E-state index contributed by atoms with van der Waals surface area (Å²) in [6.07, 6.45) is 6.34. The highest BCUT2D eigenvalue weighted by Crippen LogP contribution is 2.21. The number of amides is 2. The molecule has 1 atom stereocenters.